The third-order valence-electron chi connectivity index (χ3n) is 5.58. The lowest BCUT2D eigenvalue weighted by atomic mass is 10.1. The molecule has 1 saturated heterocycles. The molecule has 31 heavy (non-hydrogen) atoms. The van der Waals surface area contributed by atoms with Crippen molar-refractivity contribution in [3.05, 3.63) is 59.2 Å². The van der Waals surface area contributed by atoms with Crippen LogP contribution in [0, 0.1) is 0 Å². The van der Waals surface area contributed by atoms with Gasteiger partial charge in [0.05, 0.1) is 5.69 Å². The molecule has 8 heteroatoms. The summed E-state index contributed by atoms with van der Waals surface area (Å²) in [4.78, 5) is 16.9. The average Bonchev–Trinajstić information content (AvgIpc) is 2.97. The Morgan fingerprint density at radius 1 is 1.06 bits per heavy atom. The van der Waals surface area contributed by atoms with Crippen molar-refractivity contribution in [3.63, 3.8) is 0 Å². The lowest BCUT2D eigenvalue weighted by Gasteiger charge is -2.29. The molecular formula is C23H28N4O3S. The first-order valence-corrected chi connectivity index (χ1v) is 12.0. The molecule has 0 bridgehead atoms. The van der Waals surface area contributed by atoms with Gasteiger partial charge in [-0.15, -0.1) is 4.40 Å². The number of nitrogens with one attached hydrogen (secondary N) is 1. The van der Waals surface area contributed by atoms with Gasteiger partial charge in [0.15, 0.2) is 0 Å². The predicted octanol–water partition coefficient (Wildman–Crippen LogP) is 3.16. The highest BCUT2D eigenvalue weighted by Gasteiger charge is 2.32. The first-order chi connectivity index (χ1) is 14.8. The number of rotatable bonds is 5. The van der Waals surface area contributed by atoms with Crippen molar-refractivity contribution in [1.82, 2.24) is 10.2 Å². The molecule has 4 rings (SSSR count). The van der Waals surface area contributed by atoms with Crippen LogP contribution in [0.1, 0.15) is 47.2 Å². The molecule has 0 unspecified atom stereocenters. The summed E-state index contributed by atoms with van der Waals surface area (Å²) in [6.07, 6.45) is 3.65. The van der Waals surface area contributed by atoms with Gasteiger partial charge in [-0.2, -0.15) is 8.42 Å². The van der Waals surface area contributed by atoms with Crippen LogP contribution in [0.25, 0.3) is 0 Å². The minimum absolute atomic E-state index is 0.110. The summed E-state index contributed by atoms with van der Waals surface area (Å²) in [6.45, 7) is 1.98. The maximum Gasteiger partial charge on any atom is 0.286 e. The van der Waals surface area contributed by atoms with Gasteiger partial charge >= 0.3 is 0 Å². The normalized spacial score (nSPS) is 17.4. The number of carbonyl (C=O) groups is 1. The molecule has 0 saturated carbocycles. The Morgan fingerprint density at radius 3 is 2.55 bits per heavy atom. The highest BCUT2D eigenvalue weighted by molar-refractivity contribution is 7.90. The van der Waals surface area contributed by atoms with Gasteiger partial charge in [0.2, 0.25) is 0 Å². The summed E-state index contributed by atoms with van der Waals surface area (Å²) in [5.74, 6) is 0.306. The monoisotopic (exact) mass is 440 g/mol. The number of hydrogen-bond acceptors (Lipinski definition) is 5. The van der Waals surface area contributed by atoms with E-state index in [1.165, 1.54) is 11.6 Å². The SMILES string of the molecule is CN(C)Cc1ccc(CNC(=O)c2ccc3c(c2)S(=O)(=O)N=C2CCCCCN23)cc1. The van der Waals surface area contributed by atoms with Crippen LogP contribution in [0.15, 0.2) is 51.8 Å². The second-order valence-corrected chi connectivity index (χ2v) is 9.94. The number of anilines is 1. The third-order valence-corrected chi connectivity index (χ3v) is 6.92. The van der Waals surface area contributed by atoms with Gasteiger partial charge in [0.25, 0.3) is 15.9 Å². The van der Waals surface area contributed by atoms with E-state index in [0.29, 0.717) is 30.1 Å². The number of amidine groups is 1. The highest BCUT2D eigenvalue weighted by atomic mass is 32.2. The molecule has 1 fully saturated rings. The van der Waals surface area contributed by atoms with E-state index >= 15 is 0 Å². The van der Waals surface area contributed by atoms with E-state index in [1.807, 2.05) is 43.3 Å². The van der Waals surface area contributed by atoms with Gasteiger partial charge in [-0.3, -0.25) is 4.79 Å². The molecule has 1 N–H and O–H groups in total. The van der Waals surface area contributed by atoms with E-state index in [4.69, 9.17) is 0 Å². The Morgan fingerprint density at radius 2 is 1.81 bits per heavy atom. The molecule has 0 aromatic heterocycles. The Labute approximate surface area is 183 Å². The third kappa shape index (κ3) is 4.80. The fourth-order valence-electron chi connectivity index (χ4n) is 4.03. The molecule has 1 amide bonds. The Hall–Kier alpha value is -2.71. The van der Waals surface area contributed by atoms with Crippen LogP contribution < -0.4 is 10.2 Å². The van der Waals surface area contributed by atoms with Gasteiger partial charge in [-0.05, 0) is 56.3 Å². The zero-order valence-electron chi connectivity index (χ0n) is 18.0. The maximum absolute atomic E-state index is 12.8. The van der Waals surface area contributed by atoms with Crippen LogP contribution in [0.4, 0.5) is 5.69 Å². The van der Waals surface area contributed by atoms with Gasteiger partial charge in [-0.25, -0.2) is 0 Å². The number of benzene rings is 2. The molecule has 7 nitrogen and oxygen atoms in total. The van der Waals surface area contributed by atoms with Crippen molar-refractivity contribution in [3.8, 4) is 0 Å². The zero-order chi connectivity index (χ0) is 22.0. The van der Waals surface area contributed by atoms with E-state index in [-0.39, 0.29) is 10.8 Å². The summed E-state index contributed by atoms with van der Waals surface area (Å²) < 4.78 is 29.5. The molecule has 2 aliphatic rings. The molecule has 0 atom stereocenters. The fraction of sp³-hybridized carbons (Fsp3) is 0.391. The molecule has 2 aromatic rings. The number of amides is 1. The molecule has 2 aliphatic heterocycles. The Balaban J connectivity index is 1.50. The van der Waals surface area contributed by atoms with Crippen molar-refractivity contribution in [1.29, 1.82) is 0 Å². The van der Waals surface area contributed by atoms with E-state index in [0.717, 1.165) is 37.9 Å². The van der Waals surface area contributed by atoms with Gasteiger partial charge in [0, 0.05) is 31.6 Å². The number of sulfonamides is 1. The average molecular weight is 441 g/mol. The van der Waals surface area contributed by atoms with Crippen LogP contribution in [0.3, 0.4) is 0 Å². The van der Waals surface area contributed by atoms with Gasteiger partial charge in [-0.1, -0.05) is 30.7 Å². The summed E-state index contributed by atoms with van der Waals surface area (Å²) in [5, 5.41) is 2.88. The van der Waals surface area contributed by atoms with E-state index in [1.54, 1.807) is 12.1 Å². The first-order valence-electron chi connectivity index (χ1n) is 10.6. The quantitative estimate of drug-likeness (QED) is 0.772. The van der Waals surface area contributed by atoms with Crippen molar-refractivity contribution in [2.24, 2.45) is 4.40 Å². The highest BCUT2D eigenvalue weighted by Crippen LogP contribution is 2.35. The topological polar surface area (TPSA) is 82.1 Å². The van der Waals surface area contributed by atoms with Crippen LogP contribution in [-0.4, -0.2) is 45.7 Å². The van der Waals surface area contributed by atoms with E-state index < -0.39 is 10.0 Å². The molecule has 0 aliphatic carbocycles. The van der Waals surface area contributed by atoms with Crippen molar-refractivity contribution >= 4 is 27.5 Å². The van der Waals surface area contributed by atoms with Gasteiger partial charge < -0.3 is 15.1 Å². The first kappa shape index (κ1) is 21.5. The minimum Gasteiger partial charge on any atom is -0.348 e. The zero-order valence-corrected chi connectivity index (χ0v) is 18.8. The molecule has 2 heterocycles. The second kappa shape index (κ2) is 8.80. The molecule has 0 radical (unpaired) electrons. The smallest absolute Gasteiger partial charge is 0.286 e. The molecule has 2 aromatic carbocycles. The number of carbonyl (C=O) groups excluding carboxylic acids is 1. The predicted molar refractivity (Wildman–Crippen MR) is 122 cm³/mol. The van der Waals surface area contributed by atoms with Crippen molar-refractivity contribution in [2.45, 2.75) is 43.7 Å². The van der Waals surface area contributed by atoms with Crippen LogP contribution >= 0.6 is 0 Å². The molecule has 0 spiro atoms. The fourth-order valence-corrected chi connectivity index (χ4v) is 5.32. The standard InChI is InChI=1S/C23H28N4O3S/c1-26(2)16-18-9-7-17(8-10-18)15-24-23(28)19-11-12-20-21(14-19)31(29,30)25-22-6-4-3-5-13-27(20)22/h7-12,14H,3-6,13,15-16H2,1-2H3,(H,24,28). The second-order valence-electron chi connectivity index (χ2n) is 8.36. The van der Waals surface area contributed by atoms with Crippen LogP contribution in [-0.2, 0) is 23.1 Å². The summed E-state index contributed by atoms with van der Waals surface area (Å²) in [5.41, 5.74) is 3.13. The Bertz CT molecular complexity index is 1110. The van der Waals surface area contributed by atoms with Crippen LogP contribution in [0.2, 0.25) is 0 Å². The minimum atomic E-state index is -3.80. The van der Waals surface area contributed by atoms with Crippen molar-refractivity contribution in [2.75, 3.05) is 25.5 Å². The molecule has 164 valence electrons. The number of nitrogens with zero attached hydrogens (tertiary/aromatic N) is 3. The largest absolute Gasteiger partial charge is 0.348 e. The summed E-state index contributed by atoms with van der Waals surface area (Å²) in [6, 6.07) is 13.0. The maximum atomic E-state index is 12.8. The van der Waals surface area contributed by atoms with Crippen LogP contribution in [0.5, 0.6) is 0 Å². The molecular weight excluding hydrogens is 412 g/mol. The lowest BCUT2D eigenvalue weighted by Crippen LogP contribution is -2.35. The Kier molecular flexibility index (Phi) is 6.11. The van der Waals surface area contributed by atoms with Crippen molar-refractivity contribution < 1.29 is 13.2 Å². The van der Waals surface area contributed by atoms with Gasteiger partial charge in [0.1, 0.15) is 10.7 Å². The van der Waals surface area contributed by atoms with E-state index in [9.17, 15) is 13.2 Å². The summed E-state index contributed by atoms with van der Waals surface area (Å²) >= 11 is 0. The van der Waals surface area contributed by atoms with E-state index in [2.05, 4.69) is 14.6 Å². The lowest BCUT2D eigenvalue weighted by molar-refractivity contribution is 0.0950. The number of hydrogen-bond donors (Lipinski definition) is 1. The summed E-state index contributed by atoms with van der Waals surface area (Å²) in [7, 11) is 0.235. The number of fused-ring (bicyclic) bond motifs is 3.